The molecule has 4 nitrogen and oxygen atoms in total. The molecule has 0 saturated carbocycles. The van der Waals surface area contributed by atoms with Crippen LogP contribution in [-0.4, -0.2) is 30.2 Å². The number of aryl methyl sites for hydroxylation is 1. The molecule has 0 unspecified atom stereocenters. The lowest BCUT2D eigenvalue weighted by molar-refractivity contribution is -0.124. The fraction of sp³-hybridized carbons (Fsp3) is 0.481. The Morgan fingerprint density at radius 1 is 1.17 bits per heavy atom. The molecule has 1 aliphatic rings. The van der Waals surface area contributed by atoms with Gasteiger partial charge in [0.2, 0.25) is 0 Å². The number of aromatic nitrogens is 1. The topological polar surface area (TPSA) is 54.0 Å². The minimum atomic E-state index is -4.26. The number of amides is 1. The molecular formula is C27H32F3N3OS. The average molecular weight is 504 g/mol. The lowest BCUT2D eigenvalue weighted by atomic mass is 9.71. The maximum absolute atomic E-state index is 13.2. The highest BCUT2D eigenvalue weighted by Crippen LogP contribution is 2.38. The zero-order chi connectivity index (χ0) is 25.2. The molecule has 35 heavy (non-hydrogen) atoms. The molecule has 188 valence electrons. The number of rotatable bonds is 7. The zero-order valence-electron chi connectivity index (χ0n) is 20.3. The predicted octanol–water partition coefficient (Wildman–Crippen LogP) is 6.46. The monoisotopic (exact) mass is 503 g/mol. The molecule has 1 aromatic carbocycles. The Balaban J connectivity index is 1.49. The number of thiophene rings is 1. The number of halogens is 3. The van der Waals surface area contributed by atoms with Crippen LogP contribution in [0, 0.1) is 11.3 Å². The first-order valence-corrected chi connectivity index (χ1v) is 12.9. The second-order valence-electron chi connectivity index (χ2n) is 10.4. The molecule has 2 aromatic heterocycles. The molecule has 0 bridgehead atoms. The van der Waals surface area contributed by atoms with Crippen LogP contribution in [-0.2, 0) is 12.8 Å². The number of carbonyl (C=O) groups is 1. The summed E-state index contributed by atoms with van der Waals surface area (Å²) < 4.78 is 37.5. The van der Waals surface area contributed by atoms with Gasteiger partial charge >= 0.3 is 6.18 Å². The summed E-state index contributed by atoms with van der Waals surface area (Å²) in [6.45, 7) is 5.93. The molecule has 3 aromatic rings. The van der Waals surface area contributed by atoms with E-state index in [0.717, 1.165) is 40.7 Å². The van der Waals surface area contributed by atoms with Crippen molar-refractivity contribution in [2.45, 2.75) is 58.7 Å². The van der Waals surface area contributed by atoms with Gasteiger partial charge in [0.05, 0.1) is 17.5 Å². The van der Waals surface area contributed by atoms with Gasteiger partial charge in [-0.15, -0.1) is 11.3 Å². The quantitative estimate of drug-likeness (QED) is 0.364. The second-order valence-corrected chi connectivity index (χ2v) is 11.5. The first kappa shape index (κ1) is 25.6. The van der Waals surface area contributed by atoms with E-state index in [0.29, 0.717) is 17.2 Å². The van der Waals surface area contributed by atoms with Crippen LogP contribution in [0.1, 0.15) is 66.1 Å². The molecule has 0 spiro atoms. The smallest absolute Gasteiger partial charge is 0.344 e. The van der Waals surface area contributed by atoms with Gasteiger partial charge < -0.3 is 10.6 Å². The standard InChI is InChI=1S/C27H32F3N3OS/c1-26(2,3)20-9-10-21-18(14-20)13-19-15-23(35-25(19)33-21)24(34)32-22(17-7-5-4-6-8-17)11-12-31-16-27(28,29)30/h4-8,13,15,20,22,31H,9-12,14,16H2,1-3H3,(H,32,34)/t20-,22+/m0/s1. The summed E-state index contributed by atoms with van der Waals surface area (Å²) in [4.78, 5) is 19.5. The molecule has 1 amide bonds. The molecule has 2 atom stereocenters. The Morgan fingerprint density at radius 3 is 2.60 bits per heavy atom. The van der Waals surface area contributed by atoms with Gasteiger partial charge in [-0.25, -0.2) is 4.98 Å². The Hall–Kier alpha value is -2.45. The molecule has 2 heterocycles. The lowest BCUT2D eigenvalue weighted by Crippen LogP contribution is -2.33. The van der Waals surface area contributed by atoms with Crippen LogP contribution < -0.4 is 10.6 Å². The van der Waals surface area contributed by atoms with Gasteiger partial charge in [-0.05, 0) is 66.8 Å². The highest BCUT2D eigenvalue weighted by atomic mass is 32.1. The minimum Gasteiger partial charge on any atom is -0.344 e. The Labute approximate surface area is 208 Å². The van der Waals surface area contributed by atoms with Gasteiger partial charge in [0.25, 0.3) is 5.91 Å². The maximum atomic E-state index is 13.2. The number of benzene rings is 1. The van der Waals surface area contributed by atoms with Crippen LogP contribution >= 0.6 is 11.3 Å². The van der Waals surface area contributed by atoms with Gasteiger partial charge in [0.1, 0.15) is 4.83 Å². The van der Waals surface area contributed by atoms with Crippen molar-refractivity contribution in [1.29, 1.82) is 0 Å². The van der Waals surface area contributed by atoms with E-state index in [2.05, 4.69) is 37.5 Å². The van der Waals surface area contributed by atoms with Crippen molar-refractivity contribution in [1.82, 2.24) is 15.6 Å². The minimum absolute atomic E-state index is 0.134. The van der Waals surface area contributed by atoms with E-state index in [4.69, 9.17) is 4.98 Å². The van der Waals surface area contributed by atoms with Crippen molar-refractivity contribution in [3.05, 3.63) is 64.2 Å². The normalized spacial score (nSPS) is 17.3. The zero-order valence-corrected chi connectivity index (χ0v) is 21.2. The van der Waals surface area contributed by atoms with Crippen molar-refractivity contribution in [3.63, 3.8) is 0 Å². The summed E-state index contributed by atoms with van der Waals surface area (Å²) >= 11 is 1.37. The van der Waals surface area contributed by atoms with Crippen LogP contribution in [0.2, 0.25) is 0 Å². The number of hydrogen-bond acceptors (Lipinski definition) is 4. The average Bonchev–Trinajstić information content (AvgIpc) is 3.21. The van der Waals surface area contributed by atoms with E-state index in [1.165, 1.54) is 16.9 Å². The van der Waals surface area contributed by atoms with Gasteiger partial charge in [0, 0.05) is 11.1 Å². The number of alkyl halides is 3. The molecule has 1 aliphatic carbocycles. The van der Waals surface area contributed by atoms with Gasteiger partial charge in [-0.2, -0.15) is 13.2 Å². The molecule has 0 aliphatic heterocycles. The third-order valence-electron chi connectivity index (χ3n) is 6.76. The fourth-order valence-corrected chi connectivity index (χ4v) is 5.63. The number of pyridine rings is 1. The number of carbonyl (C=O) groups excluding carboxylic acids is 1. The highest BCUT2D eigenvalue weighted by Gasteiger charge is 2.30. The summed E-state index contributed by atoms with van der Waals surface area (Å²) in [5.41, 5.74) is 3.50. The predicted molar refractivity (Wildman–Crippen MR) is 135 cm³/mol. The Morgan fingerprint density at radius 2 is 1.91 bits per heavy atom. The Bertz CT molecular complexity index is 1170. The summed E-state index contributed by atoms with van der Waals surface area (Å²) in [5.74, 6) is 0.372. The molecular weight excluding hydrogens is 471 g/mol. The van der Waals surface area contributed by atoms with Crippen molar-refractivity contribution in [2.75, 3.05) is 13.1 Å². The van der Waals surface area contributed by atoms with Crippen LogP contribution in [0.15, 0.2) is 42.5 Å². The van der Waals surface area contributed by atoms with Crippen molar-refractivity contribution >= 4 is 27.5 Å². The summed E-state index contributed by atoms with van der Waals surface area (Å²) in [6, 6.07) is 13.0. The third-order valence-corrected chi connectivity index (χ3v) is 7.81. The van der Waals surface area contributed by atoms with E-state index in [1.807, 2.05) is 36.4 Å². The van der Waals surface area contributed by atoms with Gasteiger partial charge in [-0.3, -0.25) is 4.79 Å². The van der Waals surface area contributed by atoms with E-state index < -0.39 is 18.8 Å². The van der Waals surface area contributed by atoms with E-state index >= 15 is 0 Å². The Kier molecular flexibility index (Phi) is 7.52. The molecule has 0 fully saturated rings. The molecule has 4 rings (SSSR count). The molecule has 2 N–H and O–H groups in total. The number of nitrogens with one attached hydrogen (secondary N) is 2. The maximum Gasteiger partial charge on any atom is 0.401 e. The molecule has 8 heteroatoms. The van der Waals surface area contributed by atoms with Crippen molar-refractivity contribution in [2.24, 2.45) is 11.3 Å². The summed E-state index contributed by atoms with van der Waals surface area (Å²) in [7, 11) is 0. The first-order chi connectivity index (χ1) is 16.5. The SMILES string of the molecule is CC(C)(C)[C@H]1CCc2nc3sc(C(=O)N[C@H](CCNCC(F)(F)F)c4ccccc4)cc3cc2C1. The lowest BCUT2D eigenvalue weighted by Gasteiger charge is -2.34. The van der Waals surface area contributed by atoms with Crippen LogP contribution in [0.4, 0.5) is 13.2 Å². The van der Waals surface area contributed by atoms with Crippen LogP contribution in [0.25, 0.3) is 10.2 Å². The number of hydrogen-bond donors (Lipinski definition) is 2. The van der Waals surface area contributed by atoms with E-state index in [1.54, 1.807) is 0 Å². The highest BCUT2D eigenvalue weighted by molar-refractivity contribution is 7.20. The molecule has 0 radical (unpaired) electrons. The van der Waals surface area contributed by atoms with Crippen LogP contribution in [0.5, 0.6) is 0 Å². The van der Waals surface area contributed by atoms with Crippen molar-refractivity contribution in [3.8, 4) is 0 Å². The third kappa shape index (κ3) is 6.61. The fourth-order valence-electron chi connectivity index (χ4n) is 4.69. The first-order valence-electron chi connectivity index (χ1n) is 12.1. The second kappa shape index (κ2) is 10.3. The van der Waals surface area contributed by atoms with Gasteiger partial charge in [-0.1, -0.05) is 51.1 Å². The van der Waals surface area contributed by atoms with Gasteiger partial charge in [0.15, 0.2) is 0 Å². The largest absolute Gasteiger partial charge is 0.401 e. The van der Waals surface area contributed by atoms with Crippen LogP contribution in [0.3, 0.4) is 0 Å². The summed E-state index contributed by atoms with van der Waals surface area (Å²) in [6.07, 6.45) is -0.845. The number of fused-ring (bicyclic) bond motifs is 2. The van der Waals surface area contributed by atoms with Crippen molar-refractivity contribution < 1.29 is 18.0 Å². The number of nitrogens with zero attached hydrogens (tertiary/aromatic N) is 1. The van der Waals surface area contributed by atoms with E-state index in [-0.39, 0.29) is 17.9 Å². The summed E-state index contributed by atoms with van der Waals surface area (Å²) in [5, 5.41) is 6.42. The molecule has 0 saturated heterocycles. The van der Waals surface area contributed by atoms with E-state index in [9.17, 15) is 18.0 Å².